The lowest BCUT2D eigenvalue weighted by atomic mass is 10.1. The van der Waals surface area contributed by atoms with Crippen molar-refractivity contribution in [2.75, 3.05) is 0 Å². The maximum atomic E-state index is 10.3. The van der Waals surface area contributed by atoms with E-state index in [1.807, 2.05) is 0 Å². The molecule has 0 amide bonds. The Labute approximate surface area is 152 Å². The van der Waals surface area contributed by atoms with Crippen LogP contribution in [0, 0.1) is 30.3 Å². The highest BCUT2D eigenvalue weighted by molar-refractivity contribution is 5.90. The molecule has 0 aliphatic heterocycles. The molecule has 27 heavy (non-hydrogen) atoms. The summed E-state index contributed by atoms with van der Waals surface area (Å²) in [4.78, 5) is 28.1. The van der Waals surface area contributed by atoms with Crippen molar-refractivity contribution >= 4 is 27.8 Å². The van der Waals surface area contributed by atoms with E-state index in [0.29, 0.717) is 18.2 Å². The number of non-ortho nitro benzene ring substituents is 3. The molecule has 0 unspecified atom stereocenters. The van der Waals surface area contributed by atoms with Crippen molar-refractivity contribution in [3.05, 3.63) is 96.1 Å². The topological polar surface area (TPSA) is 129 Å². The van der Waals surface area contributed by atoms with Crippen molar-refractivity contribution in [3.8, 4) is 0 Å². The molecule has 0 bridgehead atoms. The number of hydrogen-bond acceptors (Lipinski definition) is 6. The molecule has 0 radical (unpaired) electrons. The Morgan fingerprint density at radius 1 is 0.630 bits per heavy atom. The van der Waals surface area contributed by atoms with Crippen LogP contribution >= 0.6 is 0 Å². The van der Waals surface area contributed by atoms with Crippen LogP contribution in [0.2, 0.25) is 0 Å². The summed E-state index contributed by atoms with van der Waals surface area (Å²) in [6.45, 7) is 0. The Bertz CT molecular complexity index is 962. The van der Waals surface area contributed by atoms with Gasteiger partial charge in [0.25, 0.3) is 17.1 Å². The van der Waals surface area contributed by atoms with Crippen LogP contribution in [0.5, 0.6) is 0 Å². The molecule has 0 heterocycles. The SMILES string of the molecule is O=[N+]([O-])c1cc([N+](=O)[O-])cc([N+](=O)[O-])c1.c1cc2c3c(cccc3c1)CC2. The predicted octanol–water partition coefficient (Wildman–Crippen LogP) is 4.35. The van der Waals surface area contributed by atoms with Gasteiger partial charge in [-0.1, -0.05) is 36.4 Å². The standard InChI is InChI=1S/C12H10.C6H3N3O6/c1-3-9-4-2-6-11-8-7-10(5-1)12(9)11;10-7(11)4-1-5(8(12)13)3-6(2-4)9(14)15/h1-6H,7-8H2;1-3H. The molecular formula is C18H13N3O6. The van der Waals surface area contributed by atoms with E-state index in [4.69, 9.17) is 0 Å². The Kier molecular flexibility index (Phi) is 4.75. The highest BCUT2D eigenvalue weighted by atomic mass is 16.6. The summed E-state index contributed by atoms with van der Waals surface area (Å²) < 4.78 is 0. The molecule has 9 nitrogen and oxygen atoms in total. The molecule has 0 N–H and O–H groups in total. The van der Waals surface area contributed by atoms with Crippen LogP contribution in [0.4, 0.5) is 17.1 Å². The van der Waals surface area contributed by atoms with Crippen molar-refractivity contribution < 1.29 is 14.8 Å². The maximum Gasteiger partial charge on any atom is 0.283 e. The highest BCUT2D eigenvalue weighted by Crippen LogP contribution is 2.30. The Hall–Kier alpha value is -3.88. The summed E-state index contributed by atoms with van der Waals surface area (Å²) >= 11 is 0. The van der Waals surface area contributed by atoms with Crippen LogP contribution < -0.4 is 0 Å². The third kappa shape index (κ3) is 3.71. The van der Waals surface area contributed by atoms with Crippen molar-refractivity contribution in [1.82, 2.24) is 0 Å². The molecule has 0 saturated heterocycles. The van der Waals surface area contributed by atoms with Gasteiger partial charge < -0.3 is 0 Å². The largest absolute Gasteiger partial charge is 0.283 e. The van der Waals surface area contributed by atoms with E-state index in [1.165, 1.54) is 34.7 Å². The minimum Gasteiger partial charge on any atom is -0.258 e. The van der Waals surface area contributed by atoms with Gasteiger partial charge in [-0.05, 0) is 34.7 Å². The van der Waals surface area contributed by atoms with E-state index >= 15 is 0 Å². The summed E-state index contributed by atoms with van der Waals surface area (Å²) in [6.07, 6.45) is 2.47. The molecule has 0 spiro atoms. The van der Waals surface area contributed by atoms with E-state index in [2.05, 4.69) is 36.4 Å². The van der Waals surface area contributed by atoms with Crippen molar-refractivity contribution in [2.24, 2.45) is 0 Å². The lowest BCUT2D eigenvalue weighted by Gasteiger charge is -1.99. The second-order valence-electron chi connectivity index (χ2n) is 5.91. The van der Waals surface area contributed by atoms with Gasteiger partial charge >= 0.3 is 0 Å². The average Bonchev–Trinajstić information content (AvgIpc) is 3.07. The fraction of sp³-hybridized carbons (Fsp3) is 0.111. The number of aryl methyl sites for hydroxylation is 2. The smallest absolute Gasteiger partial charge is 0.258 e. The van der Waals surface area contributed by atoms with E-state index in [1.54, 1.807) is 0 Å². The van der Waals surface area contributed by atoms with E-state index in [0.717, 1.165) is 0 Å². The number of benzene rings is 3. The van der Waals surface area contributed by atoms with Gasteiger partial charge in [-0.25, -0.2) is 0 Å². The summed E-state index contributed by atoms with van der Waals surface area (Å²) in [5.74, 6) is 0. The molecule has 1 aliphatic carbocycles. The number of nitro benzene ring substituents is 3. The van der Waals surface area contributed by atoms with Crippen LogP contribution in [0.15, 0.2) is 54.6 Å². The van der Waals surface area contributed by atoms with E-state index < -0.39 is 31.8 Å². The van der Waals surface area contributed by atoms with E-state index in [-0.39, 0.29) is 0 Å². The molecule has 0 fully saturated rings. The van der Waals surface area contributed by atoms with Crippen molar-refractivity contribution in [1.29, 1.82) is 0 Å². The normalized spacial score (nSPS) is 11.6. The molecule has 4 rings (SSSR count). The second kappa shape index (κ2) is 7.16. The first kappa shape index (κ1) is 17.9. The van der Waals surface area contributed by atoms with Gasteiger partial charge in [-0.2, -0.15) is 0 Å². The summed E-state index contributed by atoms with van der Waals surface area (Å²) in [5.41, 5.74) is 1.01. The molecule has 3 aromatic rings. The zero-order valence-corrected chi connectivity index (χ0v) is 13.9. The Morgan fingerprint density at radius 3 is 1.33 bits per heavy atom. The first-order valence-corrected chi connectivity index (χ1v) is 7.94. The Balaban J connectivity index is 0.000000158. The monoisotopic (exact) mass is 367 g/mol. The summed E-state index contributed by atoms with van der Waals surface area (Å²) in [5, 5.41) is 33.9. The number of hydrogen-bond donors (Lipinski definition) is 0. The first-order valence-electron chi connectivity index (χ1n) is 7.94. The molecule has 0 aromatic heterocycles. The zero-order chi connectivity index (χ0) is 19.6. The fourth-order valence-electron chi connectivity index (χ4n) is 3.08. The quantitative estimate of drug-likeness (QED) is 0.500. The second-order valence-corrected chi connectivity index (χ2v) is 5.91. The Morgan fingerprint density at radius 2 is 1.00 bits per heavy atom. The van der Waals surface area contributed by atoms with Crippen LogP contribution in [0.3, 0.4) is 0 Å². The molecule has 0 atom stereocenters. The van der Waals surface area contributed by atoms with E-state index in [9.17, 15) is 30.3 Å². The third-order valence-electron chi connectivity index (χ3n) is 4.26. The first-order chi connectivity index (χ1) is 12.9. The number of nitrogens with zero attached hydrogens (tertiary/aromatic N) is 3. The van der Waals surface area contributed by atoms with Crippen molar-refractivity contribution in [2.45, 2.75) is 12.8 Å². The minimum atomic E-state index is -0.931. The van der Waals surface area contributed by atoms with Gasteiger partial charge in [0.15, 0.2) is 0 Å². The van der Waals surface area contributed by atoms with Gasteiger partial charge in [0.1, 0.15) is 0 Å². The maximum absolute atomic E-state index is 10.3. The summed E-state index contributed by atoms with van der Waals surface area (Å²) in [6, 6.07) is 15.2. The lowest BCUT2D eigenvalue weighted by Crippen LogP contribution is -1.96. The predicted molar refractivity (Wildman–Crippen MR) is 97.8 cm³/mol. The highest BCUT2D eigenvalue weighted by Gasteiger charge is 2.21. The molecular weight excluding hydrogens is 354 g/mol. The minimum absolute atomic E-state index is 0.660. The summed E-state index contributed by atoms with van der Waals surface area (Å²) in [7, 11) is 0. The number of nitro groups is 3. The molecule has 136 valence electrons. The average molecular weight is 367 g/mol. The van der Waals surface area contributed by atoms with Crippen LogP contribution in [0.1, 0.15) is 11.1 Å². The third-order valence-corrected chi connectivity index (χ3v) is 4.26. The molecule has 0 saturated carbocycles. The zero-order valence-electron chi connectivity index (χ0n) is 13.9. The van der Waals surface area contributed by atoms with Gasteiger partial charge in [0.05, 0.1) is 33.0 Å². The van der Waals surface area contributed by atoms with Crippen LogP contribution in [0.25, 0.3) is 10.8 Å². The van der Waals surface area contributed by atoms with Gasteiger partial charge in [-0.15, -0.1) is 0 Å². The van der Waals surface area contributed by atoms with Crippen LogP contribution in [-0.2, 0) is 12.8 Å². The van der Waals surface area contributed by atoms with Crippen LogP contribution in [-0.4, -0.2) is 14.8 Å². The van der Waals surface area contributed by atoms with Crippen molar-refractivity contribution in [3.63, 3.8) is 0 Å². The number of rotatable bonds is 3. The fourth-order valence-corrected chi connectivity index (χ4v) is 3.08. The van der Waals surface area contributed by atoms with Gasteiger partial charge in [-0.3, -0.25) is 30.3 Å². The molecule has 9 heteroatoms. The van der Waals surface area contributed by atoms with Gasteiger partial charge in [0.2, 0.25) is 0 Å². The van der Waals surface area contributed by atoms with Gasteiger partial charge in [0, 0.05) is 0 Å². The lowest BCUT2D eigenvalue weighted by molar-refractivity contribution is -0.403. The molecule has 1 aliphatic rings. The molecule has 3 aromatic carbocycles.